The van der Waals surface area contributed by atoms with Crippen LogP contribution in [0.2, 0.25) is 0 Å². The predicted octanol–water partition coefficient (Wildman–Crippen LogP) is 2.13. The molecule has 0 amide bonds. The van der Waals surface area contributed by atoms with E-state index in [1.165, 1.54) is 17.1 Å². The third kappa shape index (κ3) is 2.95. The molecule has 8 heteroatoms. The molecule has 1 unspecified atom stereocenters. The van der Waals surface area contributed by atoms with Gasteiger partial charge in [0.15, 0.2) is 5.82 Å². The first kappa shape index (κ1) is 13.2. The molecule has 1 atom stereocenters. The van der Waals surface area contributed by atoms with Gasteiger partial charge in [0.25, 0.3) is 5.89 Å². The first-order valence-electron chi connectivity index (χ1n) is 6.12. The van der Waals surface area contributed by atoms with Gasteiger partial charge in [-0.3, -0.25) is 14.8 Å². The van der Waals surface area contributed by atoms with Crippen molar-refractivity contribution < 1.29 is 9.45 Å². The molecule has 2 rings (SSSR count). The van der Waals surface area contributed by atoms with Crippen LogP contribution in [0.5, 0.6) is 0 Å². The minimum Gasteiger partial charge on any atom is -0.337 e. The zero-order chi connectivity index (χ0) is 13.8. The first-order valence-corrected chi connectivity index (χ1v) is 6.12. The number of rotatable bonds is 6. The Balaban J connectivity index is 2.11. The monoisotopic (exact) mass is 265 g/mol. The number of hydrogen-bond acceptors (Lipinski definition) is 6. The SMILES string of the molecule is CCCCc1noc(C(C)n2cc([N+](=O)[O-])cn2)n1. The van der Waals surface area contributed by atoms with Crippen molar-refractivity contribution >= 4 is 5.69 Å². The van der Waals surface area contributed by atoms with E-state index in [9.17, 15) is 10.1 Å². The molecule has 2 aromatic heterocycles. The van der Waals surface area contributed by atoms with Crippen molar-refractivity contribution in [1.29, 1.82) is 0 Å². The fraction of sp³-hybridized carbons (Fsp3) is 0.545. The highest BCUT2D eigenvalue weighted by Gasteiger charge is 2.19. The quantitative estimate of drug-likeness (QED) is 0.585. The molecule has 0 aliphatic carbocycles. The van der Waals surface area contributed by atoms with Gasteiger partial charge >= 0.3 is 5.69 Å². The van der Waals surface area contributed by atoms with Crippen molar-refractivity contribution in [3.63, 3.8) is 0 Å². The summed E-state index contributed by atoms with van der Waals surface area (Å²) in [6.07, 6.45) is 5.38. The molecular weight excluding hydrogens is 250 g/mol. The van der Waals surface area contributed by atoms with Crippen LogP contribution < -0.4 is 0 Å². The average Bonchev–Trinajstić information content (AvgIpc) is 3.04. The van der Waals surface area contributed by atoms with E-state index in [0.717, 1.165) is 19.3 Å². The van der Waals surface area contributed by atoms with Gasteiger partial charge in [-0.25, -0.2) is 0 Å². The summed E-state index contributed by atoms with van der Waals surface area (Å²) in [7, 11) is 0. The first-order chi connectivity index (χ1) is 9.11. The Morgan fingerprint density at radius 3 is 3.00 bits per heavy atom. The number of hydrogen-bond donors (Lipinski definition) is 0. The molecule has 0 saturated heterocycles. The third-order valence-corrected chi connectivity index (χ3v) is 2.79. The van der Waals surface area contributed by atoms with Crippen molar-refractivity contribution in [2.45, 2.75) is 39.2 Å². The second-order valence-corrected chi connectivity index (χ2v) is 4.26. The third-order valence-electron chi connectivity index (χ3n) is 2.79. The Bertz CT molecular complexity index is 562. The number of nitrogens with zero attached hydrogens (tertiary/aromatic N) is 5. The summed E-state index contributed by atoms with van der Waals surface area (Å²) in [6, 6.07) is -0.323. The average molecular weight is 265 g/mol. The highest BCUT2D eigenvalue weighted by Crippen LogP contribution is 2.18. The second-order valence-electron chi connectivity index (χ2n) is 4.26. The molecule has 0 aromatic carbocycles. The Kier molecular flexibility index (Phi) is 3.88. The van der Waals surface area contributed by atoms with Crippen LogP contribution in [-0.2, 0) is 6.42 Å². The summed E-state index contributed by atoms with van der Waals surface area (Å²) in [5, 5.41) is 18.4. The Labute approximate surface area is 109 Å². The summed E-state index contributed by atoms with van der Waals surface area (Å²) in [6.45, 7) is 3.89. The second kappa shape index (κ2) is 5.59. The van der Waals surface area contributed by atoms with E-state index in [4.69, 9.17) is 4.52 Å². The molecule has 102 valence electrons. The number of aryl methyl sites for hydroxylation is 1. The molecule has 0 fully saturated rings. The molecule has 0 aliphatic rings. The molecule has 19 heavy (non-hydrogen) atoms. The lowest BCUT2D eigenvalue weighted by Crippen LogP contribution is -2.07. The highest BCUT2D eigenvalue weighted by molar-refractivity contribution is 5.21. The molecule has 8 nitrogen and oxygen atoms in total. The van der Waals surface area contributed by atoms with E-state index in [1.54, 1.807) is 6.92 Å². The van der Waals surface area contributed by atoms with E-state index in [1.807, 2.05) is 0 Å². The van der Waals surface area contributed by atoms with E-state index in [0.29, 0.717) is 11.7 Å². The lowest BCUT2D eigenvalue weighted by atomic mass is 10.2. The van der Waals surface area contributed by atoms with Gasteiger partial charge in [-0.1, -0.05) is 18.5 Å². The summed E-state index contributed by atoms with van der Waals surface area (Å²) < 4.78 is 6.60. The zero-order valence-electron chi connectivity index (χ0n) is 10.8. The van der Waals surface area contributed by atoms with Crippen molar-refractivity contribution in [1.82, 2.24) is 19.9 Å². The fourth-order valence-electron chi connectivity index (χ4n) is 1.62. The van der Waals surface area contributed by atoms with Crippen molar-refractivity contribution in [2.75, 3.05) is 0 Å². The Morgan fingerprint density at radius 2 is 2.37 bits per heavy atom. The number of unbranched alkanes of at least 4 members (excludes halogenated alkanes) is 1. The van der Waals surface area contributed by atoms with E-state index in [-0.39, 0.29) is 11.7 Å². The zero-order valence-corrected chi connectivity index (χ0v) is 10.8. The maximum atomic E-state index is 10.6. The van der Waals surface area contributed by atoms with Gasteiger partial charge in [0.2, 0.25) is 0 Å². The Hall–Kier alpha value is -2.25. The highest BCUT2D eigenvalue weighted by atomic mass is 16.6. The van der Waals surface area contributed by atoms with Gasteiger partial charge in [0.05, 0.1) is 4.92 Å². The van der Waals surface area contributed by atoms with Crippen molar-refractivity contribution in [3.8, 4) is 0 Å². The van der Waals surface area contributed by atoms with Gasteiger partial charge in [-0.2, -0.15) is 10.1 Å². The van der Waals surface area contributed by atoms with Crippen LogP contribution in [0.25, 0.3) is 0 Å². The van der Waals surface area contributed by atoms with Crippen LogP contribution in [0, 0.1) is 10.1 Å². The predicted molar refractivity (Wildman–Crippen MR) is 65.6 cm³/mol. The Morgan fingerprint density at radius 1 is 1.58 bits per heavy atom. The van der Waals surface area contributed by atoms with E-state index in [2.05, 4.69) is 22.2 Å². The van der Waals surface area contributed by atoms with Crippen LogP contribution in [-0.4, -0.2) is 24.8 Å². The van der Waals surface area contributed by atoms with Gasteiger partial charge in [-0.15, -0.1) is 0 Å². The van der Waals surface area contributed by atoms with E-state index >= 15 is 0 Å². The molecular formula is C11H15N5O3. The number of nitro groups is 1. The van der Waals surface area contributed by atoms with Gasteiger partial charge in [-0.05, 0) is 13.3 Å². The summed E-state index contributed by atoms with van der Waals surface area (Å²) in [4.78, 5) is 14.4. The molecule has 0 aliphatic heterocycles. The minimum absolute atomic E-state index is 0.0578. The van der Waals surface area contributed by atoms with Crippen molar-refractivity contribution in [2.24, 2.45) is 0 Å². The van der Waals surface area contributed by atoms with Crippen LogP contribution in [0.3, 0.4) is 0 Å². The van der Waals surface area contributed by atoms with Gasteiger partial charge in [0.1, 0.15) is 18.4 Å². The fourth-order valence-corrected chi connectivity index (χ4v) is 1.62. The van der Waals surface area contributed by atoms with Crippen LogP contribution in [0.1, 0.15) is 44.4 Å². The lowest BCUT2D eigenvalue weighted by molar-refractivity contribution is -0.385. The maximum absolute atomic E-state index is 10.6. The van der Waals surface area contributed by atoms with Crippen molar-refractivity contribution in [3.05, 3.63) is 34.2 Å². The lowest BCUT2D eigenvalue weighted by Gasteiger charge is -2.04. The smallest absolute Gasteiger partial charge is 0.307 e. The van der Waals surface area contributed by atoms with Crippen LogP contribution in [0.4, 0.5) is 5.69 Å². The molecule has 2 heterocycles. The van der Waals surface area contributed by atoms with Gasteiger partial charge in [0, 0.05) is 6.42 Å². The standard InChI is InChI=1S/C11H15N5O3/c1-3-4-5-10-13-11(19-14-10)8(2)15-7-9(6-12-15)16(17)18/h6-8H,3-5H2,1-2H3. The topological polar surface area (TPSA) is 99.9 Å². The summed E-state index contributed by atoms with van der Waals surface area (Å²) in [5.41, 5.74) is -0.0578. The molecule has 0 bridgehead atoms. The normalized spacial score (nSPS) is 12.5. The van der Waals surface area contributed by atoms with Gasteiger partial charge < -0.3 is 4.52 Å². The molecule has 0 radical (unpaired) electrons. The molecule has 0 spiro atoms. The maximum Gasteiger partial charge on any atom is 0.307 e. The largest absolute Gasteiger partial charge is 0.337 e. The van der Waals surface area contributed by atoms with Crippen LogP contribution in [0.15, 0.2) is 16.9 Å². The summed E-state index contributed by atoms with van der Waals surface area (Å²) in [5.74, 6) is 1.06. The minimum atomic E-state index is -0.489. The molecule has 0 saturated carbocycles. The van der Waals surface area contributed by atoms with Crippen LogP contribution >= 0.6 is 0 Å². The molecule has 2 aromatic rings. The number of aromatic nitrogens is 4. The molecule has 0 N–H and O–H groups in total. The summed E-state index contributed by atoms with van der Waals surface area (Å²) >= 11 is 0. The van der Waals surface area contributed by atoms with E-state index < -0.39 is 4.92 Å².